The normalized spacial score (nSPS) is 23.4. The highest BCUT2D eigenvalue weighted by Crippen LogP contribution is 2.10. The molecule has 1 unspecified atom stereocenters. The third-order valence-corrected chi connectivity index (χ3v) is 3.57. The van der Waals surface area contributed by atoms with E-state index in [1.54, 1.807) is 0 Å². The summed E-state index contributed by atoms with van der Waals surface area (Å²) in [5, 5.41) is 9.26. The van der Waals surface area contributed by atoms with E-state index in [1.807, 2.05) is 0 Å². The van der Waals surface area contributed by atoms with Gasteiger partial charge >= 0.3 is 0 Å². The summed E-state index contributed by atoms with van der Waals surface area (Å²) in [6.45, 7) is 0.790. The first-order chi connectivity index (χ1) is 7.29. The Hall–Kier alpha value is -0.660. The molecule has 0 aromatic heterocycles. The van der Waals surface area contributed by atoms with E-state index in [9.17, 15) is 18.3 Å². The Morgan fingerprint density at radius 2 is 2.25 bits per heavy atom. The Morgan fingerprint density at radius 3 is 2.69 bits per heavy atom. The number of sulfone groups is 1. The molecule has 1 aliphatic heterocycles. The van der Waals surface area contributed by atoms with Gasteiger partial charge in [0.15, 0.2) is 0 Å². The van der Waals surface area contributed by atoms with Crippen LogP contribution < -0.4 is 5.73 Å². The Morgan fingerprint density at radius 1 is 1.62 bits per heavy atom. The zero-order chi connectivity index (χ0) is 12.3. The third-order valence-electron chi connectivity index (χ3n) is 2.59. The monoisotopic (exact) mass is 250 g/mol. The largest absolute Gasteiger partial charge is 0.391 e. The number of carbonyl (C=O) groups is 1. The van der Waals surface area contributed by atoms with Gasteiger partial charge in [-0.2, -0.15) is 0 Å². The second-order valence-electron chi connectivity index (χ2n) is 4.25. The van der Waals surface area contributed by atoms with Crippen molar-refractivity contribution in [3.63, 3.8) is 0 Å². The van der Waals surface area contributed by atoms with Crippen LogP contribution in [0.1, 0.15) is 12.8 Å². The highest BCUT2D eigenvalue weighted by molar-refractivity contribution is 7.90. The Balaban J connectivity index is 2.42. The molecule has 0 spiro atoms. The Bertz CT molecular complexity index is 355. The highest BCUT2D eigenvalue weighted by Gasteiger charge is 2.28. The minimum atomic E-state index is -3.09. The van der Waals surface area contributed by atoms with Gasteiger partial charge in [-0.1, -0.05) is 0 Å². The van der Waals surface area contributed by atoms with Crippen molar-refractivity contribution in [1.29, 1.82) is 0 Å². The van der Waals surface area contributed by atoms with Gasteiger partial charge in [0.2, 0.25) is 5.91 Å². The molecule has 0 aliphatic carbocycles. The van der Waals surface area contributed by atoms with E-state index in [0.29, 0.717) is 19.5 Å². The number of β-amino-alcohol motifs (C(OH)–C–C–N with tert-alkyl or cyclic N) is 1. The standard InChI is InChI=1S/C9H18N2O4S/c1-16(14,15)5-3-8(10)9(13)11-4-2-7(12)6-11/h7-8,12H,2-6,10H2,1H3/t7-,8?/m0/s1. The minimum absolute atomic E-state index is 0.0870. The summed E-state index contributed by atoms with van der Waals surface area (Å²) in [7, 11) is -3.09. The van der Waals surface area contributed by atoms with E-state index in [2.05, 4.69) is 0 Å². The molecule has 0 radical (unpaired) electrons. The second kappa shape index (κ2) is 5.11. The molecule has 2 atom stereocenters. The van der Waals surface area contributed by atoms with Crippen molar-refractivity contribution in [2.45, 2.75) is 25.0 Å². The molecule has 1 heterocycles. The van der Waals surface area contributed by atoms with E-state index in [1.165, 1.54) is 4.90 Å². The summed E-state index contributed by atoms with van der Waals surface area (Å²) < 4.78 is 21.8. The maximum absolute atomic E-state index is 11.7. The molecule has 0 saturated carbocycles. The van der Waals surface area contributed by atoms with Crippen molar-refractivity contribution in [2.75, 3.05) is 25.1 Å². The third kappa shape index (κ3) is 4.07. The average molecular weight is 250 g/mol. The molecule has 7 heteroatoms. The van der Waals surface area contributed by atoms with Crippen LogP contribution in [-0.4, -0.2) is 61.6 Å². The molecule has 1 rings (SSSR count). The van der Waals surface area contributed by atoms with Crippen LogP contribution in [0.25, 0.3) is 0 Å². The summed E-state index contributed by atoms with van der Waals surface area (Å²) in [5.41, 5.74) is 5.61. The number of nitrogens with two attached hydrogens (primary N) is 1. The SMILES string of the molecule is CS(=O)(=O)CCC(N)C(=O)N1CC[C@H](O)C1. The molecule has 6 nitrogen and oxygen atoms in total. The first-order valence-corrected chi connectivity index (χ1v) is 7.26. The van der Waals surface area contributed by atoms with Crippen molar-refractivity contribution in [2.24, 2.45) is 5.73 Å². The zero-order valence-corrected chi connectivity index (χ0v) is 10.1. The van der Waals surface area contributed by atoms with Crippen molar-refractivity contribution < 1.29 is 18.3 Å². The van der Waals surface area contributed by atoms with Gasteiger partial charge in [-0.25, -0.2) is 8.42 Å². The van der Waals surface area contributed by atoms with Gasteiger partial charge in [-0.05, 0) is 12.8 Å². The van der Waals surface area contributed by atoms with Crippen LogP contribution in [0.2, 0.25) is 0 Å². The molecule has 1 aliphatic rings. The van der Waals surface area contributed by atoms with Crippen molar-refractivity contribution in [3.8, 4) is 0 Å². The lowest BCUT2D eigenvalue weighted by atomic mass is 10.2. The summed E-state index contributed by atoms with van der Waals surface area (Å²) in [6, 6.07) is -0.792. The fourth-order valence-corrected chi connectivity index (χ4v) is 2.32. The van der Waals surface area contributed by atoms with E-state index < -0.39 is 22.0 Å². The minimum Gasteiger partial charge on any atom is -0.391 e. The second-order valence-corrected chi connectivity index (χ2v) is 6.51. The summed E-state index contributed by atoms with van der Waals surface area (Å²) >= 11 is 0. The predicted molar refractivity (Wildman–Crippen MR) is 59.5 cm³/mol. The quantitative estimate of drug-likeness (QED) is 0.622. The number of aliphatic hydroxyl groups is 1. The first kappa shape index (κ1) is 13.4. The maximum Gasteiger partial charge on any atom is 0.239 e. The molecular formula is C9H18N2O4S. The van der Waals surface area contributed by atoms with Crippen LogP contribution in [0.5, 0.6) is 0 Å². The Labute approximate surface area is 95.3 Å². The van der Waals surface area contributed by atoms with E-state index in [-0.39, 0.29) is 18.1 Å². The number of hydrogen-bond donors (Lipinski definition) is 2. The van der Waals surface area contributed by atoms with Crippen molar-refractivity contribution in [1.82, 2.24) is 4.90 Å². The van der Waals surface area contributed by atoms with Gasteiger partial charge in [0.1, 0.15) is 9.84 Å². The number of amides is 1. The molecule has 1 saturated heterocycles. The average Bonchev–Trinajstić information content (AvgIpc) is 2.59. The number of likely N-dealkylation sites (tertiary alicyclic amines) is 1. The number of aliphatic hydroxyl groups excluding tert-OH is 1. The van der Waals surface area contributed by atoms with Gasteiger partial charge in [0.05, 0.1) is 17.9 Å². The van der Waals surface area contributed by atoms with Crippen molar-refractivity contribution >= 4 is 15.7 Å². The zero-order valence-electron chi connectivity index (χ0n) is 9.30. The first-order valence-electron chi connectivity index (χ1n) is 5.20. The molecule has 16 heavy (non-hydrogen) atoms. The van der Waals surface area contributed by atoms with Gasteiger partial charge < -0.3 is 15.7 Å². The maximum atomic E-state index is 11.7. The number of hydrogen-bond acceptors (Lipinski definition) is 5. The van der Waals surface area contributed by atoms with Crippen LogP contribution >= 0.6 is 0 Å². The number of nitrogens with zero attached hydrogens (tertiary/aromatic N) is 1. The van der Waals surface area contributed by atoms with Crippen molar-refractivity contribution in [3.05, 3.63) is 0 Å². The van der Waals surface area contributed by atoms with E-state index >= 15 is 0 Å². The number of rotatable bonds is 4. The van der Waals surface area contributed by atoms with Crippen LogP contribution in [-0.2, 0) is 14.6 Å². The van der Waals surface area contributed by atoms with Gasteiger partial charge in [0.25, 0.3) is 0 Å². The van der Waals surface area contributed by atoms with Gasteiger partial charge in [-0.15, -0.1) is 0 Å². The lowest BCUT2D eigenvalue weighted by Crippen LogP contribution is -2.43. The van der Waals surface area contributed by atoms with Crippen LogP contribution in [0.4, 0.5) is 0 Å². The lowest BCUT2D eigenvalue weighted by molar-refractivity contribution is -0.131. The number of carbonyl (C=O) groups excluding carboxylic acids is 1. The fraction of sp³-hybridized carbons (Fsp3) is 0.889. The molecule has 1 fully saturated rings. The topological polar surface area (TPSA) is 101 Å². The van der Waals surface area contributed by atoms with Crippen LogP contribution in [0.3, 0.4) is 0 Å². The summed E-state index contributed by atoms with van der Waals surface area (Å²) in [4.78, 5) is 13.2. The van der Waals surface area contributed by atoms with Gasteiger partial charge in [0, 0.05) is 19.3 Å². The lowest BCUT2D eigenvalue weighted by Gasteiger charge is -2.19. The van der Waals surface area contributed by atoms with E-state index in [4.69, 9.17) is 5.73 Å². The fourth-order valence-electron chi connectivity index (χ4n) is 1.64. The van der Waals surface area contributed by atoms with Crippen LogP contribution in [0.15, 0.2) is 0 Å². The Kier molecular flexibility index (Phi) is 4.28. The molecule has 0 aromatic rings. The van der Waals surface area contributed by atoms with E-state index in [0.717, 1.165) is 6.26 Å². The van der Waals surface area contributed by atoms with Gasteiger partial charge in [-0.3, -0.25) is 4.79 Å². The predicted octanol–water partition coefficient (Wildman–Crippen LogP) is -1.66. The molecular weight excluding hydrogens is 232 g/mol. The molecule has 3 N–H and O–H groups in total. The van der Waals surface area contributed by atoms with Crippen LogP contribution in [0, 0.1) is 0 Å². The smallest absolute Gasteiger partial charge is 0.239 e. The summed E-state index contributed by atoms with van der Waals surface area (Å²) in [5.74, 6) is -0.365. The molecule has 94 valence electrons. The molecule has 1 amide bonds. The summed E-state index contributed by atoms with van der Waals surface area (Å²) in [6.07, 6.45) is 1.32. The highest BCUT2D eigenvalue weighted by atomic mass is 32.2. The molecule has 0 bridgehead atoms. The molecule has 0 aromatic carbocycles.